The second kappa shape index (κ2) is 8.69. The van der Waals surface area contributed by atoms with Gasteiger partial charge in [0.25, 0.3) is 0 Å². The summed E-state index contributed by atoms with van der Waals surface area (Å²) in [5.41, 5.74) is 2.03. The molecule has 0 radical (unpaired) electrons. The SMILES string of the molecule is Cc1ccc(CN(C)C(=O)CN2CCN(S(=O)(=O)c3ccc(C)c(C)c3)CC2)o1. The normalized spacial score (nSPS) is 16.1. The number of rotatable bonds is 6. The Kier molecular flexibility index (Phi) is 6.45. The van der Waals surface area contributed by atoms with Gasteiger partial charge in [-0.1, -0.05) is 6.07 Å². The molecule has 3 rings (SSSR count). The molecule has 1 amide bonds. The number of sulfonamides is 1. The Balaban J connectivity index is 1.54. The van der Waals surface area contributed by atoms with Crippen molar-refractivity contribution in [3.05, 3.63) is 53.0 Å². The first-order chi connectivity index (χ1) is 13.7. The average molecular weight is 420 g/mol. The van der Waals surface area contributed by atoms with Crippen molar-refractivity contribution >= 4 is 15.9 Å². The zero-order chi connectivity index (χ0) is 21.2. The third kappa shape index (κ3) is 5.07. The zero-order valence-electron chi connectivity index (χ0n) is 17.5. The lowest BCUT2D eigenvalue weighted by Gasteiger charge is -2.34. The third-order valence-electron chi connectivity index (χ3n) is 5.42. The van der Waals surface area contributed by atoms with Crippen molar-refractivity contribution in [3.63, 3.8) is 0 Å². The van der Waals surface area contributed by atoms with Crippen molar-refractivity contribution in [2.75, 3.05) is 39.8 Å². The minimum atomic E-state index is -3.51. The molecule has 2 aromatic rings. The van der Waals surface area contributed by atoms with Crippen LogP contribution in [0.25, 0.3) is 0 Å². The van der Waals surface area contributed by atoms with Crippen LogP contribution >= 0.6 is 0 Å². The van der Waals surface area contributed by atoms with E-state index in [1.807, 2.05) is 43.9 Å². The third-order valence-corrected chi connectivity index (χ3v) is 7.32. The smallest absolute Gasteiger partial charge is 0.243 e. The number of carbonyl (C=O) groups excluding carboxylic acids is 1. The van der Waals surface area contributed by atoms with E-state index in [2.05, 4.69) is 0 Å². The number of benzene rings is 1. The highest BCUT2D eigenvalue weighted by Gasteiger charge is 2.29. The molecule has 0 aliphatic carbocycles. The molecule has 8 heteroatoms. The average Bonchev–Trinajstić information content (AvgIpc) is 3.09. The number of piperazine rings is 1. The van der Waals surface area contributed by atoms with E-state index in [1.165, 1.54) is 4.31 Å². The quantitative estimate of drug-likeness (QED) is 0.717. The number of likely N-dealkylation sites (N-methyl/N-ethyl adjacent to an activating group) is 1. The highest BCUT2D eigenvalue weighted by molar-refractivity contribution is 7.89. The molecule has 0 bridgehead atoms. The number of aryl methyl sites for hydroxylation is 3. The molecule has 158 valence electrons. The van der Waals surface area contributed by atoms with Crippen LogP contribution in [-0.2, 0) is 21.4 Å². The Morgan fingerprint density at radius 1 is 1.03 bits per heavy atom. The molecule has 1 fully saturated rings. The van der Waals surface area contributed by atoms with Crippen molar-refractivity contribution in [1.82, 2.24) is 14.1 Å². The molecule has 29 heavy (non-hydrogen) atoms. The van der Waals surface area contributed by atoms with Gasteiger partial charge in [-0.05, 0) is 56.2 Å². The van der Waals surface area contributed by atoms with Gasteiger partial charge in [-0.2, -0.15) is 4.31 Å². The van der Waals surface area contributed by atoms with Crippen LogP contribution in [0, 0.1) is 20.8 Å². The standard InChI is InChI=1S/C21H29N3O4S/c1-16-5-8-20(13-17(16)2)29(26,27)24-11-9-23(10-12-24)15-21(25)22(4)14-19-7-6-18(3)28-19/h5-8,13H,9-12,14-15H2,1-4H3. The second-order valence-corrected chi connectivity index (χ2v) is 9.63. The molecule has 1 aliphatic heterocycles. The Bertz CT molecular complexity index is 976. The molecule has 0 saturated carbocycles. The zero-order valence-corrected chi connectivity index (χ0v) is 18.3. The van der Waals surface area contributed by atoms with Gasteiger partial charge in [-0.3, -0.25) is 9.69 Å². The maximum absolute atomic E-state index is 12.9. The number of amides is 1. The number of furan rings is 1. The fraction of sp³-hybridized carbons (Fsp3) is 0.476. The first kappa shape index (κ1) is 21.5. The van der Waals surface area contributed by atoms with Crippen LogP contribution in [0.15, 0.2) is 39.6 Å². The Morgan fingerprint density at radius 3 is 2.31 bits per heavy atom. The summed E-state index contributed by atoms with van der Waals surface area (Å²) in [5, 5.41) is 0. The van der Waals surface area contributed by atoms with Crippen LogP contribution in [0.3, 0.4) is 0 Å². The summed E-state index contributed by atoms with van der Waals surface area (Å²) in [4.78, 5) is 16.5. The highest BCUT2D eigenvalue weighted by atomic mass is 32.2. The van der Waals surface area contributed by atoms with Crippen LogP contribution in [0.5, 0.6) is 0 Å². The van der Waals surface area contributed by atoms with Crippen LogP contribution in [0.2, 0.25) is 0 Å². The number of nitrogens with zero attached hydrogens (tertiary/aromatic N) is 3. The number of hydrogen-bond donors (Lipinski definition) is 0. The molecule has 1 aliphatic rings. The lowest BCUT2D eigenvalue weighted by Crippen LogP contribution is -2.51. The van der Waals surface area contributed by atoms with Crippen LogP contribution in [0.4, 0.5) is 0 Å². The van der Waals surface area contributed by atoms with Gasteiger partial charge in [0.1, 0.15) is 11.5 Å². The molecule has 1 aromatic heterocycles. The van der Waals surface area contributed by atoms with Gasteiger partial charge in [0.2, 0.25) is 15.9 Å². The minimum absolute atomic E-state index is 0.00970. The topological polar surface area (TPSA) is 74.1 Å². The molecule has 7 nitrogen and oxygen atoms in total. The van der Waals surface area contributed by atoms with E-state index in [4.69, 9.17) is 4.42 Å². The first-order valence-corrected chi connectivity index (χ1v) is 11.2. The van der Waals surface area contributed by atoms with Gasteiger partial charge in [0, 0.05) is 33.2 Å². The van der Waals surface area contributed by atoms with E-state index >= 15 is 0 Å². The monoisotopic (exact) mass is 419 g/mol. The fourth-order valence-corrected chi connectivity index (χ4v) is 4.86. The van der Waals surface area contributed by atoms with E-state index in [0.717, 1.165) is 22.6 Å². The summed E-state index contributed by atoms with van der Waals surface area (Å²) in [6.45, 7) is 8.27. The van der Waals surface area contributed by atoms with Crippen LogP contribution in [0.1, 0.15) is 22.6 Å². The lowest BCUT2D eigenvalue weighted by molar-refractivity contribution is -0.132. The molecular formula is C21H29N3O4S. The maximum atomic E-state index is 12.9. The van der Waals surface area contributed by atoms with E-state index in [-0.39, 0.29) is 12.5 Å². The molecule has 0 atom stereocenters. The second-order valence-electron chi connectivity index (χ2n) is 7.69. The molecular weight excluding hydrogens is 390 g/mol. The molecule has 1 aromatic carbocycles. The summed E-state index contributed by atoms with van der Waals surface area (Å²) in [7, 11) is -1.76. The van der Waals surface area contributed by atoms with Gasteiger partial charge in [-0.15, -0.1) is 0 Å². The first-order valence-electron chi connectivity index (χ1n) is 9.76. The Hall–Kier alpha value is -2.16. The number of hydrogen-bond acceptors (Lipinski definition) is 5. The van der Waals surface area contributed by atoms with Crippen molar-refractivity contribution in [2.45, 2.75) is 32.2 Å². The minimum Gasteiger partial charge on any atom is -0.464 e. The Morgan fingerprint density at radius 2 is 1.72 bits per heavy atom. The maximum Gasteiger partial charge on any atom is 0.243 e. The summed E-state index contributed by atoms with van der Waals surface area (Å²) >= 11 is 0. The van der Waals surface area contributed by atoms with E-state index < -0.39 is 10.0 Å². The summed E-state index contributed by atoms with van der Waals surface area (Å²) in [5.74, 6) is 1.56. The predicted octanol–water partition coefficient (Wildman–Crippen LogP) is 2.17. The Labute approximate surface area is 172 Å². The van der Waals surface area contributed by atoms with E-state index in [9.17, 15) is 13.2 Å². The fourth-order valence-electron chi connectivity index (χ4n) is 3.36. The summed E-state index contributed by atoms with van der Waals surface area (Å²) < 4.78 is 32.9. The molecule has 1 saturated heterocycles. The van der Waals surface area contributed by atoms with Gasteiger partial charge in [0.15, 0.2) is 0 Å². The largest absolute Gasteiger partial charge is 0.464 e. The van der Waals surface area contributed by atoms with Crippen molar-refractivity contribution in [3.8, 4) is 0 Å². The van der Waals surface area contributed by atoms with Crippen molar-refractivity contribution < 1.29 is 17.6 Å². The lowest BCUT2D eigenvalue weighted by atomic mass is 10.1. The summed E-state index contributed by atoms with van der Waals surface area (Å²) in [6, 6.07) is 8.98. The molecule has 0 N–H and O–H groups in total. The molecule has 2 heterocycles. The predicted molar refractivity (Wildman–Crippen MR) is 111 cm³/mol. The van der Waals surface area contributed by atoms with Crippen LogP contribution in [-0.4, -0.2) is 68.2 Å². The van der Waals surface area contributed by atoms with Gasteiger partial charge in [0.05, 0.1) is 18.0 Å². The molecule has 0 unspecified atom stereocenters. The van der Waals surface area contributed by atoms with Crippen LogP contribution < -0.4 is 0 Å². The van der Waals surface area contributed by atoms with Gasteiger partial charge < -0.3 is 9.32 Å². The van der Waals surface area contributed by atoms with E-state index in [0.29, 0.717) is 37.6 Å². The highest BCUT2D eigenvalue weighted by Crippen LogP contribution is 2.20. The number of carbonyl (C=O) groups is 1. The van der Waals surface area contributed by atoms with Crippen molar-refractivity contribution in [2.24, 2.45) is 0 Å². The summed E-state index contributed by atoms with van der Waals surface area (Å²) in [6.07, 6.45) is 0. The molecule has 0 spiro atoms. The van der Waals surface area contributed by atoms with Crippen molar-refractivity contribution in [1.29, 1.82) is 0 Å². The van der Waals surface area contributed by atoms with Gasteiger partial charge >= 0.3 is 0 Å². The van der Waals surface area contributed by atoms with Gasteiger partial charge in [-0.25, -0.2) is 8.42 Å². The van der Waals surface area contributed by atoms with E-state index in [1.54, 1.807) is 24.1 Å².